The third-order valence-electron chi connectivity index (χ3n) is 8.55. The minimum atomic E-state index is -5.22. The SMILES string of the molecule is CN1CCN(c2ccc(C(=O)Nc3n[nH]c4ccc(S(=O)(=O)c5cccc(F)c5)cc34)c(N(C(=O)C(F)(F)F)C3CCOCC3)c2)CC1.Cl. The van der Waals surface area contributed by atoms with E-state index in [2.05, 4.69) is 20.4 Å². The van der Waals surface area contributed by atoms with Crippen molar-refractivity contribution >= 4 is 62.2 Å². The number of carbonyl (C=O) groups excluding carboxylic acids is 2. The van der Waals surface area contributed by atoms with Crippen molar-refractivity contribution in [1.29, 1.82) is 0 Å². The van der Waals surface area contributed by atoms with Gasteiger partial charge in [0, 0.05) is 56.5 Å². The third-order valence-corrected chi connectivity index (χ3v) is 10.3. The van der Waals surface area contributed by atoms with Crippen LogP contribution in [0.25, 0.3) is 10.9 Å². The van der Waals surface area contributed by atoms with Crippen molar-refractivity contribution in [2.75, 3.05) is 61.6 Å². The summed E-state index contributed by atoms with van der Waals surface area (Å²) in [4.78, 5) is 31.2. The second kappa shape index (κ2) is 14.3. The molecule has 2 amide bonds. The highest BCUT2D eigenvalue weighted by atomic mass is 35.5. The highest BCUT2D eigenvalue weighted by Gasteiger charge is 2.46. The molecular weight excluding hydrogens is 692 g/mol. The topological polar surface area (TPSA) is 128 Å². The summed E-state index contributed by atoms with van der Waals surface area (Å²) in [7, 11) is -2.20. The maximum atomic E-state index is 14.1. The Morgan fingerprint density at radius 3 is 2.35 bits per heavy atom. The molecule has 2 fully saturated rings. The molecule has 1 aromatic heterocycles. The molecule has 6 rings (SSSR count). The molecule has 3 aromatic carbocycles. The van der Waals surface area contributed by atoms with Crippen molar-refractivity contribution in [2.45, 2.75) is 34.9 Å². The number of ether oxygens (including phenoxy) is 1. The van der Waals surface area contributed by atoms with Crippen molar-refractivity contribution in [1.82, 2.24) is 15.1 Å². The van der Waals surface area contributed by atoms with Crippen LogP contribution in [0, 0.1) is 5.82 Å². The van der Waals surface area contributed by atoms with Crippen molar-refractivity contribution in [3.63, 3.8) is 0 Å². The number of alkyl halides is 3. The van der Waals surface area contributed by atoms with Crippen LogP contribution in [0.15, 0.2) is 70.5 Å². The van der Waals surface area contributed by atoms with Crippen LogP contribution < -0.4 is 15.1 Å². The lowest BCUT2D eigenvalue weighted by Gasteiger charge is -2.37. The summed E-state index contributed by atoms with van der Waals surface area (Å²) in [5.41, 5.74) is 0.480. The molecule has 3 heterocycles. The van der Waals surface area contributed by atoms with Gasteiger partial charge in [-0.1, -0.05) is 6.07 Å². The zero-order valence-electron chi connectivity index (χ0n) is 26.2. The fraction of sp³-hybridized carbons (Fsp3) is 0.344. The number of carbonyl (C=O) groups is 2. The summed E-state index contributed by atoms with van der Waals surface area (Å²) in [6.07, 6.45) is -4.96. The Bertz CT molecular complexity index is 1960. The highest BCUT2D eigenvalue weighted by molar-refractivity contribution is 7.91. The lowest BCUT2D eigenvalue weighted by Crippen LogP contribution is -2.50. The number of benzene rings is 3. The van der Waals surface area contributed by atoms with E-state index in [1.807, 2.05) is 11.9 Å². The molecule has 2 N–H and O–H groups in total. The van der Waals surface area contributed by atoms with E-state index in [9.17, 15) is 35.6 Å². The molecule has 11 nitrogen and oxygen atoms in total. The number of aromatic amines is 1. The van der Waals surface area contributed by atoms with Crippen LogP contribution in [-0.2, 0) is 19.4 Å². The molecule has 0 radical (unpaired) electrons. The highest BCUT2D eigenvalue weighted by Crippen LogP contribution is 2.36. The number of rotatable bonds is 7. The summed E-state index contributed by atoms with van der Waals surface area (Å²) in [5, 5.41) is 9.58. The number of amides is 2. The predicted octanol–water partition coefficient (Wildman–Crippen LogP) is 5.04. The number of hydrogen-bond acceptors (Lipinski definition) is 8. The maximum absolute atomic E-state index is 14.1. The molecular formula is C32H33ClF4N6O5S. The van der Waals surface area contributed by atoms with E-state index in [1.165, 1.54) is 42.5 Å². The monoisotopic (exact) mass is 724 g/mol. The second-order valence-electron chi connectivity index (χ2n) is 11.7. The average Bonchev–Trinajstić information content (AvgIpc) is 3.47. The summed E-state index contributed by atoms with van der Waals surface area (Å²) >= 11 is 0. The lowest BCUT2D eigenvalue weighted by atomic mass is 10.0. The summed E-state index contributed by atoms with van der Waals surface area (Å²) in [6.45, 7) is 2.90. The van der Waals surface area contributed by atoms with Crippen LogP contribution in [0.5, 0.6) is 0 Å². The van der Waals surface area contributed by atoms with Gasteiger partial charge in [0.05, 0.1) is 26.6 Å². The number of H-pyrrole nitrogens is 1. The zero-order chi connectivity index (χ0) is 34.2. The first kappa shape index (κ1) is 36.0. The molecule has 17 heteroatoms. The van der Waals surface area contributed by atoms with Crippen LogP contribution in [0.4, 0.5) is 34.8 Å². The normalized spacial score (nSPS) is 16.3. The van der Waals surface area contributed by atoms with Crippen LogP contribution in [0.3, 0.4) is 0 Å². The largest absolute Gasteiger partial charge is 0.471 e. The van der Waals surface area contributed by atoms with Gasteiger partial charge in [-0.25, -0.2) is 12.8 Å². The van der Waals surface area contributed by atoms with Gasteiger partial charge in [-0.2, -0.15) is 18.3 Å². The number of sulfone groups is 1. The Kier molecular flexibility index (Phi) is 10.5. The van der Waals surface area contributed by atoms with Crippen molar-refractivity contribution in [3.05, 3.63) is 72.0 Å². The molecule has 0 unspecified atom stereocenters. The van der Waals surface area contributed by atoms with E-state index in [1.54, 1.807) is 6.07 Å². The molecule has 2 saturated heterocycles. The Morgan fingerprint density at radius 1 is 0.980 bits per heavy atom. The Morgan fingerprint density at radius 2 is 1.67 bits per heavy atom. The minimum Gasteiger partial charge on any atom is -0.381 e. The van der Waals surface area contributed by atoms with Gasteiger partial charge in [0.25, 0.3) is 5.91 Å². The standard InChI is InChI=1S/C32H32F4N6O5S.ClH/c1-40-11-13-41(14-12-40)22-5-7-25(28(18-22)42(31(44)32(34,35)36)21-9-15-47-16-10-21)30(43)37-29-26-19-24(6-8-27(26)38-39-29)48(45,46)23-4-2-3-20(33)17-23;/h2-8,17-19,21H,9-16H2,1H3,(H2,37,38,39,43);1H. The number of fused-ring (bicyclic) bond motifs is 1. The number of halogens is 5. The number of anilines is 3. The third kappa shape index (κ3) is 7.51. The van der Waals surface area contributed by atoms with Gasteiger partial charge >= 0.3 is 12.1 Å². The molecule has 0 aliphatic carbocycles. The van der Waals surface area contributed by atoms with Gasteiger partial charge < -0.3 is 24.8 Å². The van der Waals surface area contributed by atoms with E-state index in [-0.39, 0.29) is 70.7 Å². The van der Waals surface area contributed by atoms with Gasteiger partial charge in [0.15, 0.2) is 5.82 Å². The summed E-state index contributed by atoms with van der Waals surface area (Å²) < 4.78 is 88.0. The number of aromatic nitrogens is 2. The van der Waals surface area contributed by atoms with E-state index in [0.29, 0.717) is 42.3 Å². The van der Waals surface area contributed by atoms with Gasteiger partial charge in [-0.05, 0) is 74.5 Å². The van der Waals surface area contributed by atoms with Crippen LogP contribution in [-0.4, -0.2) is 94.0 Å². The molecule has 2 aliphatic rings. The quantitative estimate of drug-likeness (QED) is 0.254. The number of nitrogens with zero attached hydrogens (tertiary/aromatic N) is 4. The Hall–Kier alpha value is -4.25. The molecule has 0 saturated carbocycles. The van der Waals surface area contributed by atoms with Crippen molar-refractivity contribution in [2.24, 2.45) is 0 Å². The molecule has 0 atom stereocenters. The maximum Gasteiger partial charge on any atom is 0.471 e. The summed E-state index contributed by atoms with van der Waals surface area (Å²) in [6, 6.07) is 12.1. The zero-order valence-corrected chi connectivity index (χ0v) is 27.8. The average molecular weight is 725 g/mol. The van der Waals surface area contributed by atoms with E-state index < -0.39 is 39.7 Å². The lowest BCUT2D eigenvalue weighted by molar-refractivity contribution is -0.171. The molecule has 4 aromatic rings. The number of piperazine rings is 1. The van der Waals surface area contributed by atoms with Gasteiger partial charge in [0.1, 0.15) is 5.82 Å². The minimum absolute atomic E-state index is 0. The van der Waals surface area contributed by atoms with Gasteiger partial charge in [-0.15, -0.1) is 12.4 Å². The van der Waals surface area contributed by atoms with Gasteiger partial charge in [0.2, 0.25) is 9.84 Å². The molecule has 0 spiro atoms. The first-order valence-corrected chi connectivity index (χ1v) is 16.7. The predicted molar refractivity (Wildman–Crippen MR) is 177 cm³/mol. The van der Waals surface area contributed by atoms with E-state index >= 15 is 0 Å². The van der Waals surface area contributed by atoms with E-state index in [4.69, 9.17) is 4.74 Å². The first-order valence-electron chi connectivity index (χ1n) is 15.2. The number of nitrogens with one attached hydrogen (secondary N) is 2. The van der Waals surface area contributed by atoms with E-state index in [0.717, 1.165) is 12.1 Å². The molecule has 2 aliphatic heterocycles. The Balaban J connectivity index is 0.00000468. The Labute approximate surface area is 285 Å². The van der Waals surface area contributed by atoms with Crippen LogP contribution >= 0.6 is 12.4 Å². The smallest absolute Gasteiger partial charge is 0.381 e. The van der Waals surface area contributed by atoms with Crippen LogP contribution in [0.1, 0.15) is 23.2 Å². The number of hydrogen-bond donors (Lipinski definition) is 2. The molecule has 49 heavy (non-hydrogen) atoms. The van der Waals surface area contributed by atoms with Crippen molar-refractivity contribution < 1.29 is 40.3 Å². The van der Waals surface area contributed by atoms with Gasteiger partial charge in [-0.3, -0.25) is 14.7 Å². The fourth-order valence-electron chi connectivity index (χ4n) is 5.93. The second-order valence-corrected chi connectivity index (χ2v) is 13.7. The molecule has 0 bridgehead atoms. The summed E-state index contributed by atoms with van der Waals surface area (Å²) in [5.74, 6) is -3.80. The first-order chi connectivity index (χ1) is 22.8. The fourth-order valence-corrected chi connectivity index (χ4v) is 7.24. The van der Waals surface area contributed by atoms with Crippen LogP contribution in [0.2, 0.25) is 0 Å². The number of likely N-dealkylation sites (N-methyl/N-ethyl adjacent to an activating group) is 1. The van der Waals surface area contributed by atoms with Crippen molar-refractivity contribution in [3.8, 4) is 0 Å². The molecule has 262 valence electrons.